The van der Waals surface area contributed by atoms with E-state index < -0.39 is 10.0 Å². The highest BCUT2D eigenvalue weighted by atomic mass is 35.5. The van der Waals surface area contributed by atoms with E-state index in [1.165, 1.54) is 18.6 Å². The lowest BCUT2D eigenvalue weighted by Crippen LogP contribution is -2.59. The summed E-state index contributed by atoms with van der Waals surface area (Å²) >= 11 is 12.0. The van der Waals surface area contributed by atoms with Crippen molar-refractivity contribution in [3.05, 3.63) is 28.2 Å². The largest absolute Gasteiger partial charge is 0.311 e. The van der Waals surface area contributed by atoms with Crippen LogP contribution in [0.4, 0.5) is 0 Å². The summed E-state index contributed by atoms with van der Waals surface area (Å²) in [5.41, 5.74) is 0.135. The van der Waals surface area contributed by atoms with Crippen LogP contribution in [-0.4, -0.2) is 26.5 Å². The number of sulfonamides is 1. The van der Waals surface area contributed by atoms with Crippen LogP contribution in [0.2, 0.25) is 10.0 Å². The highest BCUT2D eigenvalue weighted by Crippen LogP contribution is 2.39. The van der Waals surface area contributed by atoms with E-state index in [0.717, 1.165) is 32.2 Å². The van der Waals surface area contributed by atoms with Gasteiger partial charge in [0.2, 0.25) is 10.0 Å². The van der Waals surface area contributed by atoms with E-state index >= 15 is 0 Å². The van der Waals surface area contributed by atoms with Crippen molar-refractivity contribution in [2.45, 2.75) is 48.6 Å². The van der Waals surface area contributed by atoms with Gasteiger partial charge in [0.05, 0.1) is 10.0 Å². The maximum atomic E-state index is 12.6. The standard InChI is InChI=1S/C14H18Cl2N2O2S/c15-11-3-1-4-12(16)13(11)21(19,20)18-10-5-8-17-14(9-10)6-2-7-14/h1,3-4,10,17-18H,2,5-9H2. The number of hydrogen-bond donors (Lipinski definition) is 2. The van der Waals surface area contributed by atoms with Gasteiger partial charge in [0.1, 0.15) is 4.90 Å². The third-order valence-corrected chi connectivity index (χ3v) is 6.93. The minimum atomic E-state index is -3.70. The van der Waals surface area contributed by atoms with Crippen LogP contribution in [-0.2, 0) is 10.0 Å². The van der Waals surface area contributed by atoms with Gasteiger partial charge in [-0.25, -0.2) is 13.1 Å². The Morgan fingerprint density at radius 1 is 1.24 bits per heavy atom. The third-order valence-electron chi connectivity index (χ3n) is 4.45. The first-order valence-electron chi connectivity index (χ1n) is 7.13. The SMILES string of the molecule is O=S(=O)(NC1CCNC2(CCC2)C1)c1c(Cl)cccc1Cl. The maximum absolute atomic E-state index is 12.6. The molecule has 7 heteroatoms. The fourth-order valence-electron chi connectivity index (χ4n) is 3.26. The van der Waals surface area contributed by atoms with Crippen molar-refractivity contribution in [2.75, 3.05) is 6.54 Å². The molecule has 1 aromatic rings. The van der Waals surface area contributed by atoms with Crippen LogP contribution in [0, 0.1) is 0 Å². The van der Waals surface area contributed by atoms with Gasteiger partial charge in [-0.15, -0.1) is 0 Å². The molecule has 2 N–H and O–H groups in total. The lowest BCUT2D eigenvalue weighted by molar-refractivity contribution is 0.126. The number of rotatable bonds is 3. The van der Waals surface area contributed by atoms with Crippen LogP contribution in [0.25, 0.3) is 0 Å². The zero-order valence-corrected chi connectivity index (χ0v) is 13.9. The van der Waals surface area contributed by atoms with Gasteiger partial charge < -0.3 is 5.32 Å². The maximum Gasteiger partial charge on any atom is 0.243 e. The average Bonchev–Trinajstić information content (AvgIpc) is 2.36. The van der Waals surface area contributed by atoms with Crippen LogP contribution in [0.3, 0.4) is 0 Å². The molecule has 1 aliphatic carbocycles. The molecule has 3 rings (SSSR count). The van der Waals surface area contributed by atoms with Crippen molar-refractivity contribution in [3.63, 3.8) is 0 Å². The van der Waals surface area contributed by atoms with Gasteiger partial charge >= 0.3 is 0 Å². The fraction of sp³-hybridized carbons (Fsp3) is 0.571. The summed E-state index contributed by atoms with van der Waals surface area (Å²) in [6.45, 7) is 0.837. The summed E-state index contributed by atoms with van der Waals surface area (Å²) in [6, 6.07) is 4.65. The molecule has 2 aliphatic rings. The minimum absolute atomic E-state index is 0.0190. The number of hydrogen-bond acceptors (Lipinski definition) is 3. The Hall–Kier alpha value is -0.330. The van der Waals surface area contributed by atoms with Gasteiger partial charge in [-0.3, -0.25) is 0 Å². The van der Waals surface area contributed by atoms with E-state index in [0.29, 0.717) is 0 Å². The quantitative estimate of drug-likeness (QED) is 0.882. The molecule has 1 aromatic carbocycles. The lowest BCUT2D eigenvalue weighted by Gasteiger charge is -2.48. The second-order valence-corrected chi connectivity index (χ2v) is 8.39. The molecular weight excluding hydrogens is 331 g/mol. The number of piperidine rings is 1. The Morgan fingerprint density at radius 2 is 1.90 bits per heavy atom. The van der Waals surface area contributed by atoms with Crippen molar-refractivity contribution in [1.82, 2.24) is 10.0 Å². The van der Waals surface area contributed by atoms with E-state index in [9.17, 15) is 8.42 Å². The zero-order chi connectivity index (χ0) is 15.1. The predicted molar refractivity (Wildman–Crippen MR) is 84.4 cm³/mol. The van der Waals surface area contributed by atoms with Gasteiger partial charge in [0.25, 0.3) is 0 Å². The Balaban J connectivity index is 1.80. The van der Waals surface area contributed by atoms with Crippen molar-refractivity contribution in [1.29, 1.82) is 0 Å². The van der Waals surface area contributed by atoms with Crippen LogP contribution in [0.15, 0.2) is 23.1 Å². The average molecular weight is 349 g/mol. The topological polar surface area (TPSA) is 58.2 Å². The molecule has 4 nitrogen and oxygen atoms in total. The van der Waals surface area contributed by atoms with Gasteiger partial charge in [0, 0.05) is 11.6 Å². The molecule has 0 radical (unpaired) electrons. The summed E-state index contributed by atoms with van der Waals surface area (Å²) in [4.78, 5) is -0.0190. The summed E-state index contributed by atoms with van der Waals surface area (Å²) in [6.07, 6.45) is 5.07. The van der Waals surface area contributed by atoms with E-state index in [2.05, 4.69) is 10.0 Å². The van der Waals surface area contributed by atoms with Crippen molar-refractivity contribution in [3.8, 4) is 0 Å². The zero-order valence-electron chi connectivity index (χ0n) is 11.5. The monoisotopic (exact) mass is 348 g/mol. The molecule has 21 heavy (non-hydrogen) atoms. The normalized spacial score (nSPS) is 24.8. The van der Waals surface area contributed by atoms with Gasteiger partial charge in [-0.05, 0) is 50.8 Å². The summed E-state index contributed by atoms with van der Waals surface area (Å²) in [5, 5.41) is 3.83. The van der Waals surface area contributed by atoms with Crippen LogP contribution >= 0.6 is 23.2 Å². The van der Waals surface area contributed by atoms with Crippen LogP contribution in [0.5, 0.6) is 0 Å². The van der Waals surface area contributed by atoms with E-state index in [-0.39, 0.29) is 26.5 Å². The summed E-state index contributed by atoms with van der Waals surface area (Å²) in [5.74, 6) is 0. The molecular formula is C14H18Cl2N2O2S. The molecule has 1 saturated carbocycles. The molecule has 1 spiro atoms. The Morgan fingerprint density at radius 3 is 2.48 bits per heavy atom. The highest BCUT2D eigenvalue weighted by molar-refractivity contribution is 7.89. The van der Waals surface area contributed by atoms with Crippen LogP contribution < -0.4 is 10.0 Å². The molecule has 1 aliphatic heterocycles. The Labute approximate surface area is 135 Å². The molecule has 2 fully saturated rings. The van der Waals surface area contributed by atoms with E-state index in [1.54, 1.807) is 6.07 Å². The Kier molecular flexibility index (Phi) is 4.23. The van der Waals surface area contributed by atoms with E-state index in [4.69, 9.17) is 23.2 Å². The summed E-state index contributed by atoms with van der Waals surface area (Å²) in [7, 11) is -3.70. The number of halogens is 2. The van der Waals surface area contributed by atoms with Gasteiger partial charge in [-0.1, -0.05) is 29.3 Å². The minimum Gasteiger partial charge on any atom is -0.311 e. The summed E-state index contributed by atoms with van der Waals surface area (Å²) < 4.78 is 27.9. The smallest absolute Gasteiger partial charge is 0.243 e. The lowest BCUT2D eigenvalue weighted by atomic mass is 9.70. The van der Waals surface area contributed by atoms with Gasteiger partial charge in [0.15, 0.2) is 0 Å². The first-order valence-corrected chi connectivity index (χ1v) is 9.37. The Bertz CT molecular complexity index is 624. The second kappa shape index (κ2) is 5.70. The molecule has 0 aromatic heterocycles. The van der Waals surface area contributed by atoms with Crippen molar-refractivity contribution < 1.29 is 8.42 Å². The van der Waals surface area contributed by atoms with E-state index in [1.807, 2.05) is 0 Å². The highest BCUT2D eigenvalue weighted by Gasteiger charge is 2.42. The molecule has 0 amide bonds. The first kappa shape index (κ1) is 15.6. The molecule has 1 saturated heterocycles. The second-order valence-electron chi connectivity index (χ2n) is 5.92. The number of benzene rings is 1. The van der Waals surface area contributed by atoms with Gasteiger partial charge in [-0.2, -0.15) is 0 Å². The molecule has 1 heterocycles. The fourth-order valence-corrected chi connectivity index (χ4v) is 5.67. The third kappa shape index (κ3) is 3.08. The molecule has 116 valence electrons. The first-order chi connectivity index (χ1) is 9.92. The molecule has 0 bridgehead atoms. The van der Waals surface area contributed by atoms with Crippen LogP contribution in [0.1, 0.15) is 32.1 Å². The molecule has 1 unspecified atom stereocenters. The van der Waals surface area contributed by atoms with Crippen molar-refractivity contribution in [2.24, 2.45) is 0 Å². The van der Waals surface area contributed by atoms with Crippen molar-refractivity contribution >= 4 is 33.2 Å². The number of nitrogens with one attached hydrogen (secondary N) is 2. The predicted octanol–water partition coefficient (Wildman–Crippen LogP) is 2.95. The molecule has 1 atom stereocenters.